The van der Waals surface area contributed by atoms with Gasteiger partial charge in [0.2, 0.25) is 0 Å². The van der Waals surface area contributed by atoms with Gasteiger partial charge in [-0.1, -0.05) is 31.2 Å². The lowest BCUT2D eigenvalue weighted by molar-refractivity contribution is -0.124. The molecule has 0 aromatic heterocycles. The zero-order valence-corrected chi connectivity index (χ0v) is 9.13. The average Bonchev–Trinajstić information content (AvgIpc) is 2.12. The van der Waals surface area contributed by atoms with Gasteiger partial charge < -0.3 is 0 Å². The molecular weight excluding hydrogens is 160 g/mol. The molecule has 0 rings (SSSR count). The standard InChI is InChI=1S/C12H20O/c1-5-8-10-12(7-3,9-6-2)11(4)13/h5-6,8-9H,7,10H2,1-4H3/b8-5+,9-6+. The van der Waals surface area contributed by atoms with Crippen LogP contribution < -0.4 is 0 Å². The fourth-order valence-electron chi connectivity index (χ4n) is 1.49. The van der Waals surface area contributed by atoms with E-state index in [4.69, 9.17) is 0 Å². The Morgan fingerprint density at radius 2 is 1.92 bits per heavy atom. The highest BCUT2D eigenvalue weighted by molar-refractivity contribution is 5.84. The van der Waals surface area contributed by atoms with Gasteiger partial charge in [0, 0.05) is 5.41 Å². The molecule has 0 bridgehead atoms. The number of rotatable bonds is 5. The van der Waals surface area contributed by atoms with Crippen molar-refractivity contribution >= 4 is 5.78 Å². The Bertz CT molecular complexity index is 213. The first-order valence-corrected chi connectivity index (χ1v) is 4.89. The molecule has 0 N–H and O–H groups in total. The molecule has 1 heteroatoms. The van der Waals surface area contributed by atoms with Crippen molar-refractivity contribution in [3.63, 3.8) is 0 Å². The van der Waals surface area contributed by atoms with Gasteiger partial charge in [0.1, 0.15) is 5.78 Å². The molecular formula is C12H20O. The molecule has 0 aromatic carbocycles. The molecule has 0 aliphatic rings. The van der Waals surface area contributed by atoms with Crippen LogP contribution in [0, 0.1) is 5.41 Å². The molecule has 1 atom stereocenters. The first-order valence-electron chi connectivity index (χ1n) is 4.89. The molecule has 0 aliphatic heterocycles. The summed E-state index contributed by atoms with van der Waals surface area (Å²) in [6, 6.07) is 0. The third-order valence-electron chi connectivity index (χ3n) is 2.54. The van der Waals surface area contributed by atoms with Crippen LogP contribution in [0.5, 0.6) is 0 Å². The third kappa shape index (κ3) is 3.17. The SMILES string of the molecule is C/C=C/CC(/C=C/C)(CC)C(C)=O. The molecule has 0 aromatic rings. The molecule has 0 fully saturated rings. The maximum Gasteiger partial charge on any atom is 0.140 e. The third-order valence-corrected chi connectivity index (χ3v) is 2.54. The van der Waals surface area contributed by atoms with Crippen molar-refractivity contribution in [2.24, 2.45) is 5.41 Å². The fraction of sp³-hybridized carbons (Fsp3) is 0.583. The number of carbonyl (C=O) groups is 1. The molecule has 1 unspecified atom stereocenters. The van der Waals surface area contributed by atoms with Gasteiger partial charge in [-0.05, 0) is 33.6 Å². The Labute approximate surface area is 81.5 Å². The Balaban J connectivity index is 4.74. The minimum atomic E-state index is -0.263. The predicted molar refractivity (Wildman–Crippen MR) is 57.7 cm³/mol. The van der Waals surface area contributed by atoms with Crippen LogP contribution in [0.4, 0.5) is 0 Å². The van der Waals surface area contributed by atoms with Crippen LogP contribution >= 0.6 is 0 Å². The normalized spacial score (nSPS) is 16.6. The Morgan fingerprint density at radius 3 is 2.23 bits per heavy atom. The van der Waals surface area contributed by atoms with E-state index in [0.29, 0.717) is 0 Å². The van der Waals surface area contributed by atoms with Gasteiger partial charge in [0.25, 0.3) is 0 Å². The second-order valence-corrected chi connectivity index (χ2v) is 3.34. The largest absolute Gasteiger partial charge is 0.299 e. The lowest BCUT2D eigenvalue weighted by Crippen LogP contribution is -2.25. The summed E-state index contributed by atoms with van der Waals surface area (Å²) in [5.74, 6) is 0.256. The fourth-order valence-corrected chi connectivity index (χ4v) is 1.49. The molecule has 1 nitrogen and oxygen atoms in total. The average molecular weight is 180 g/mol. The van der Waals surface area contributed by atoms with Crippen LogP contribution in [0.25, 0.3) is 0 Å². The zero-order chi connectivity index (χ0) is 10.3. The number of Topliss-reactive ketones (excluding diaryl/α,β-unsaturated/α-hetero) is 1. The van der Waals surface area contributed by atoms with Crippen LogP contribution in [0.15, 0.2) is 24.3 Å². The molecule has 13 heavy (non-hydrogen) atoms. The van der Waals surface area contributed by atoms with Gasteiger partial charge in [-0.2, -0.15) is 0 Å². The van der Waals surface area contributed by atoms with Gasteiger partial charge >= 0.3 is 0 Å². The summed E-state index contributed by atoms with van der Waals surface area (Å²) in [4.78, 5) is 11.5. The number of hydrogen-bond acceptors (Lipinski definition) is 1. The van der Waals surface area contributed by atoms with E-state index in [1.54, 1.807) is 6.92 Å². The number of carbonyl (C=O) groups excluding carboxylic acids is 1. The summed E-state index contributed by atoms with van der Waals surface area (Å²) in [7, 11) is 0. The van der Waals surface area contributed by atoms with Crippen LogP contribution in [-0.4, -0.2) is 5.78 Å². The number of hydrogen-bond donors (Lipinski definition) is 0. The van der Waals surface area contributed by atoms with Crippen molar-refractivity contribution in [1.29, 1.82) is 0 Å². The van der Waals surface area contributed by atoms with Crippen molar-refractivity contribution in [3.8, 4) is 0 Å². The molecule has 0 aliphatic carbocycles. The summed E-state index contributed by atoms with van der Waals surface area (Å²) in [6.07, 6.45) is 9.74. The topological polar surface area (TPSA) is 17.1 Å². The van der Waals surface area contributed by atoms with E-state index in [2.05, 4.69) is 13.0 Å². The quantitative estimate of drug-likeness (QED) is 0.592. The van der Waals surface area contributed by atoms with Crippen LogP contribution in [0.3, 0.4) is 0 Å². The van der Waals surface area contributed by atoms with E-state index in [9.17, 15) is 4.79 Å². The summed E-state index contributed by atoms with van der Waals surface area (Å²) in [5.41, 5.74) is -0.263. The minimum absolute atomic E-state index is 0.256. The Morgan fingerprint density at radius 1 is 1.31 bits per heavy atom. The molecule has 0 spiro atoms. The molecule has 0 amide bonds. The van der Waals surface area contributed by atoms with Crippen molar-refractivity contribution in [3.05, 3.63) is 24.3 Å². The van der Waals surface area contributed by atoms with E-state index >= 15 is 0 Å². The van der Waals surface area contributed by atoms with Gasteiger partial charge in [-0.3, -0.25) is 4.79 Å². The number of allylic oxidation sites excluding steroid dienone is 4. The molecule has 0 heterocycles. The van der Waals surface area contributed by atoms with Gasteiger partial charge in [-0.15, -0.1) is 0 Å². The maximum atomic E-state index is 11.5. The first kappa shape index (κ1) is 12.2. The smallest absolute Gasteiger partial charge is 0.140 e. The number of ketones is 1. The van der Waals surface area contributed by atoms with E-state index in [0.717, 1.165) is 12.8 Å². The van der Waals surface area contributed by atoms with E-state index in [-0.39, 0.29) is 11.2 Å². The molecule has 0 saturated carbocycles. The van der Waals surface area contributed by atoms with Crippen molar-refractivity contribution in [2.45, 2.75) is 40.5 Å². The Hall–Kier alpha value is -0.850. The highest BCUT2D eigenvalue weighted by Crippen LogP contribution is 2.30. The maximum absolute atomic E-state index is 11.5. The minimum Gasteiger partial charge on any atom is -0.299 e. The van der Waals surface area contributed by atoms with Gasteiger partial charge in [0.15, 0.2) is 0 Å². The summed E-state index contributed by atoms with van der Waals surface area (Å²) < 4.78 is 0. The van der Waals surface area contributed by atoms with Crippen LogP contribution in [-0.2, 0) is 4.79 Å². The zero-order valence-electron chi connectivity index (χ0n) is 9.13. The Kier molecular flexibility index (Phi) is 5.36. The highest BCUT2D eigenvalue weighted by Gasteiger charge is 2.28. The van der Waals surface area contributed by atoms with E-state index < -0.39 is 0 Å². The predicted octanol–water partition coefficient (Wildman–Crippen LogP) is 3.51. The van der Waals surface area contributed by atoms with Crippen molar-refractivity contribution < 1.29 is 4.79 Å². The van der Waals surface area contributed by atoms with Gasteiger partial charge in [0.05, 0.1) is 0 Å². The lowest BCUT2D eigenvalue weighted by Gasteiger charge is -2.24. The molecule has 0 saturated heterocycles. The second-order valence-electron chi connectivity index (χ2n) is 3.34. The summed E-state index contributed by atoms with van der Waals surface area (Å²) >= 11 is 0. The molecule has 0 radical (unpaired) electrons. The van der Waals surface area contributed by atoms with Crippen LogP contribution in [0.2, 0.25) is 0 Å². The van der Waals surface area contributed by atoms with E-state index in [1.807, 2.05) is 32.1 Å². The monoisotopic (exact) mass is 180 g/mol. The van der Waals surface area contributed by atoms with Crippen LogP contribution in [0.1, 0.15) is 40.5 Å². The molecule has 74 valence electrons. The summed E-state index contributed by atoms with van der Waals surface area (Å²) in [5, 5.41) is 0. The lowest BCUT2D eigenvalue weighted by atomic mass is 9.78. The highest BCUT2D eigenvalue weighted by atomic mass is 16.1. The van der Waals surface area contributed by atoms with Gasteiger partial charge in [-0.25, -0.2) is 0 Å². The van der Waals surface area contributed by atoms with E-state index in [1.165, 1.54) is 0 Å². The first-order chi connectivity index (χ1) is 6.13. The summed E-state index contributed by atoms with van der Waals surface area (Å²) in [6.45, 7) is 7.68. The second kappa shape index (κ2) is 5.74. The van der Waals surface area contributed by atoms with Crippen molar-refractivity contribution in [1.82, 2.24) is 0 Å². The van der Waals surface area contributed by atoms with Crippen molar-refractivity contribution in [2.75, 3.05) is 0 Å².